The highest BCUT2D eigenvalue weighted by Crippen LogP contribution is 2.45. The molecule has 0 atom stereocenters. The maximum absolute atomic E-state index is 10.7. The van der Waals surface area contributed by atoms with E-state index in [2.05, 4.69) is 23.8 Å². The third-order valence-corrected chi connectivity index (χ3v) is 5.72. The zero-order valence-corrected chi connectivity index (χ0v) is 16.7. The Morgan fingerprint density at radius 2 is 1.76 bits per heavy atom. The van der Waals surface area contributed by atoms with Gasteiger partial charge in [-0.05, 0) is 71.6 Å². The summed E-state index contributed by atoms with van der Waals surface area (Å²) < 4.78 is 6.27. The third-order valence-electron chi connectivity index (χ3n) is 4.85. The van der Waals surface area contributed by atoms with Crippen LogP contribution in [0.5, 0.6) is 11.5 Å². The van der Waals surface area contributed by atoms with E-state index < -0.39 is 0 Å². The standard InChI is InChI=1S/C20H26N2O2S/c1-11-9-12(2)22-19(21-11)25-10-16-15-7-8-20(5,6)24-18(15)14(4)13(3)17(16)23/h9,23H,7-8,10H2,1-6H3. The molecule has 1 aliphatic rings. The summed E-state index contributed by atoms with van der Waals surface area (Å²) in [4.78, 5) is 8.99. The third kappa shape index (κ3) is 3.61. The number of thioether (sulfide) groups is 1. The molecule has 0 saturated carbocycles. The van der Waals surface area contributed by atoms with E-state index in [4.69, 9.17) is 4.74 Å². The van der Waals surface area contributed by atoms with Gasteiger partial charge in [-0.3, -0.25) is 0 Å². The molecule has 0 unspecified atom stereocenters. The fourth-order valence-corrected chi connectivity index (χ4v) is 4.29. The predicted molar refractivity (Wildman–Crippen MR) is 102 cm³/mol. The summed E-state index contributed by atoms with van der Waals surface area (Å²) in [7, 11) is 0. The van der Waals surface area contributed by atoms with Crippen molar-refractivity contribution < 1.29 is 9.84 Å². The van der Waals surface area contributed by atoms with E-state index in [9.17, 15) is 5.11 Å². The van der Waals surface area contributed by atoms with Crippen molar-refractivity contribution in [3.63, 3.8) is 0 Å². The monoisotopic (exact) mass is 358 g/mol. The number of nitrogens with zero attached hydrogens (tertiary/aromatic N) is 2. The van der Waals surface area contributed by atoms with Crippen LogP contribution in [0.25, 0.3) is 0 Å². The fourth-order valence-electron chi connectivity index (χ4n) is 3.29. The Morgan fingerprint density at radius 1 is 1.12 bits per heavy atom. The lowest BCUT2D eigenvalue weighted by atomic mass is 9.88. The fraction of sp³-hybridized carbons (Fsp3) is 0.500. The number of aromatic nitrogens is 2. The second kappa shape index (κ2) is 6.52. The summed E-state index contributed by atoms with van der Waals surface area (Å²) in [6, 6.07) is 1.97. The van der Waals surface area contributed by atoms with Crippen LogP contribution in [-0.2, 0) is 12.2 Å². The highest BCUT2D eigenvalue weighted by molar-refractivity contribution is 7.98. The minimum Gasteiger partial charge on any atom is -0.507 e. The van der Waals surface area contributed by atoms with E-state index in [-0.39, 0.29) is 5.60 Å². The molecule has 0 bridgehead atoms. The highest BCUT2D eigenvalue weighted by atomic mass is 32.2. The molecule has 3 rings (SSSR count). The van der Waals surface area contributed by atoms with E-state index >= 15 is 0 Å². The van der Waals surface area contributed by atoms with Gasteiger partial charge in [-0.1, -0.05) is 11.8 Å². The zero-order chi connectivity index (χ0) is 18.4. The Kier molecular flexibility index (Phi) is 4.71. The van der Waals surface area contributed by atoms with Crippen LogP contribution in [0.15, 0.2) is 11.2 Å². The van der Waals surface area contributed by atoms with Crippen LogP contribution in [0.3, 0.4) is 0 Å². The lowest BCUT2D eigenvalue weighted by molar-refractivity contribution is 0.0831. The van der Waals surface area contributed by atoms with E-state index in [1.165, 1.54) is 0 Å². The van der Waals surface area contributed by atoms with Crippen molar-refractivity contribution in [1.82, 2.24) is 9.97 Å². The SMILES string of the molecule is Cc1cc(C)nc(SCc2c(O)c(C)c(C)c3c2CCC(C)(C)O3)n1. The van der Waals surface area contributed by atoms with Gasteiger partial charge in [0.05, 0.1) is 0 Å². The lowest BCUT2D eigenvalue weighted by Crippen LogP contribution is -2.33. The van der Waals surface area contributed by atoms with Crippen molar-refractivity contribution in [3.8, 4) is 11.5 Å². The minimum atomic E-state index is -0.164. The number of hydrogen-bond acceptors (Lipinski definition) is 5. The predicted octanol–water partition coefficient (Wildman–Crippen LogP) is 4.81. The quantitative estimate of drug-likeness (QED) is 0.630. The van der Waals surface area contributed by atoms with Gasteiger partial charge < -0.3 is 9.84 Å². The van der Waals surface area contributed by atoms with Crippen molar-refractivity contribution in [2.75, 3.05) is 0 Å². The highest BCUT2D eigenvalue weighted by Gasteiger charge is 2.31. The van der Waals surface area contributed by atoms with E-state index in [1.54, 1.807) is 11.8 Å². The Hall–Kier alpha value is -1.75. The Balaban J connectivity index is 1.97. The number of fused-ring (bicyclic) bond motifs is 1. The average molecular weight is 359 g/mol. The molecule has 1 aromatic heterocycles. The van der Waals surface area contributed by atoms with Crippen LogP contribution >= 0.6 is 11.8 Å². The first-order valence-electron chi connectivity index (χ1n) is 8.66. The molecule has 2 aromatic rings. The van der Waals surface area contributed by atoms with E-state index in [1.807, 2.05) is 33.8 Å². The van der Waals surface area contributed by atoms with Gasteiger partial charge in [-0.25, -0.2) is 9.97 Å². The molecule has 0 saturated heterocycles. The zero-order valence-electron chi connectivity index (χ0n) is 15.9. The molecule has 0 amide bonds. The molecule has 1 aliphatic heterocycles. The molecule has 25 heavy (non-hydrogen) atoms. The Labute approximate surface area is 154 Å². The smallest absolute Gasteiger partial charge is 0.188 e. The molecule has 4 nitrogen and oxygen atoms in total. The molecule has 2 heterocycles. The molecule has 1 N–H and O–H groups in total. The molecule has 0 radical (unpaired) electrons. The summed E-state index contributed by atoms with van der Waals surface area (Å²) in [6.45, 7) is 12.2. The lowest BCUT2D eigenvalue weighted by Gasteiger charge is -2.35. The van der Waals surface area contributed by atoms with Gasteiger partial charge in [-0.15, -0.1) is 0 Å². The van der Waals surface area contributed by atoms with Crippen LogP contribution in [-0.4, -0.2) is 20.7 Å². The van der Waals surface area contributed by atoms with Crippen molar-refractivity contribution in [2.45, 2.75) is 70.9 Å². The van der Waals surface area contributed by atoms with E-state index in [0.717, 1.165) is 57.4 Å². The summed E-state index contributed by atoms with van der Waals surface area (Å²) in [5.74, 6) is 1.97. The first-order valence-corrected chi connectivity index (χ1v) is 9.64. The first kappa shape index (κ1) is 18.1. The molecular formula is C20H26N2O2S. The van der Waals surface area contributed by atoms with Crippen molar-refractivity contribution in [3.05, 3.63) is 39.7 Å². The minimum absolute atomic E-state index is 0.164. The molecule has 0 fully saturated rings. The number of rotatable bonds is 3. The van der Waals surface area contributed by atoms with Gasteiger partial charge in [0.25, 0.3) is 0 Å². The van der Waals surface area contributed by atoms with Crippen molar-refractivity contribution in [2.24, 2.45) is 0 Å². The largest absolute Gasteiger partial charge is 0.507 e. The summed E-state index contributed by atoms with van der Waals surface area (Å²) in [5, 5.41) is 11.5. The maximum Gasteiger partial charge on any atom is 0.188 e. The number of phenols is 1. The summed E-state index contributed by atoms with van der Waals surface area (Å²) in [5.41, 5.74) is 5.79. The molecule has 1 aromatic carbocycles. The van der Waals surface area contributed by atoms with Crippen LogP contribution in [0.2, 0.25) is 0 Å². The number of aryl methyl sites for hydroxylation is 2. The molecule has 134 valence electrons. The van der Waals surface area contributed by atoms with Crippen LogP contribution in [0.1, 0.15) is 53.9 Å². The number of aromatic hydroxyl groups is 1. The van der Waals surface area contributed by atoms with Crippen LogP contribution in [0, 0.1) is 27.7 Å². The molecule has 0 aliphatic carbocycles. The van der Waals surface area contributed by atoms with Crippen molar-refractivity contribution in [1.29, 1.82) is 0 Å². The summed E-state index contributed by atoms with van der Waals surface area (Å²) >= 11 is 1.57. The normalized spacial score (nSPS) is 15.6. The number of ether oxygens (including phenoxy) is 1. The first-order chi connectivity index (χ1) is 11.7. The Bertz CT molecular complexity index is 811. The molecule has 5 heteroatoms. The van der Waals surface area contributed by atoms with Gasteiger partial charge in [0.15, 0.2) is 5.16 Å². The van der Waals surface area contributed by atoms with Gasteiger partial charge >= 0.3 is 0 Å². The van der Waals surface area contributed by atoms with Gasteiger partial charge in [0, 0.05) is 28.3 Å². The van der Waals surface area contributed by atoms with Crippen LogP contribution < -0.4 is 4.74 Å². The topological polar surface area (TPSA) is 55.2 Å². The van der Waals surface area contributed by atoms with Gasteiger partial charge in [0.2, 0.25) is 0 Å². The second-order valence-electron chi connectivity index (χ2n) is 7.47. The van der Waals surface area contributed by atoms with Crippen LogP contribution in [0.4, 0.5) is 0 Å². The maximum atomic E-state index is 10.7. The van der Waals surface area contributed by atoms with Gasteiger partial charge in [0.1, 0.15) is 17.1 Å². The Morgan fingerprint density at radius 3 is 2.40 bits per heavy atom. The molecular weight excluding hydrogens is 332 g/mol. The summed E-state index contributed by atoms with van der Waals surface area (Å²) in [6.07, 6.45) is 1.86. The second-order valence-corrected chi connectivity index (χ2v) is 8.41. The van der Waals surface area contributed by atoms with E-state index in [0.29, 0.717) is 11.5 Å². The number of phenolic OH excluding ortho intramolecular Hbond substituents is 1. The molecule has 0 spiro atoms. The van der Waals surface area contributed by atoms with Crippen molar-refractivity contribution >= 4 is 11.8 Å². The van der Waals surface area contributed by atoms with Gasteiger partial charge in [-0.2, -0.15) is 0 Å². The number of benzene rings is 1. The number of hydrogen-bond donors (Lipinski definition) is 1. The average Bonchev–Trinajstić information content (AvgIpc) is 2.52.